The van der Waals surface area contributed by atoms with Crippen LogP contribution in [0.4, 0.5) is 5.69 Å². The lowest BCUT2D eigenvalue weighted by Gasteiger charge is -2.51. The quantitative estimate of drug-likeness (QED) is 0.516. The predicted octanol–water partition coefficient (Wildman–Crippen LogP) is 3.84. The Kier molecular flexibility index (Phi) is 2.77. The van der Waals surface area contributed by atoms with E-state index < -0.39 is 17.5 Å². The monoisotopic (exact) mass is 365 g/mol. The third-order valence-corrected chi connectivity index (χ3v) is 8.32. The van der Waals surface area contributed by atoms with E-state index in [9.17, 15) is 9.59 Å². The number of nitrogens with zero attached hydrogens (tertiary/aromatic N) is 1. The zero-order valence-electron chi connectivity index (χ0n) is 15.4. The van der Waals surface area contributed by atoms with Crippen molar-refractivity contribution in [3.8, 4) is 0 Å². The van der Waals surface area contributed by atoms with Crippen LogP contribution >= 0.6 is 11.8 Å². The highest BCUT2D eigenvalue weighted by Crippen LogP contribution is 2.68. The van der Waals surface area contributed by atoms with Crippen molar-refractivity contribution in [2.24, 2.45) is 0 Å². The topological polar surface area (TPSA) is 46.6 Å². The molecule has 1 fully saturated rings. The molecule has 2 atom stereocenters. The first kappa shape index (κ1) is 15.9. The van der Waals surface area contributed by atoms with Crippen LogP contribution in [0.5, 0.6) is 0 Å². The van der Waals surface area contributed by atoms with Crippen LogP contribution < -0.4 is 4.90 Å². The molecule has 2 unspecified atom stereocenters. The molecule has 0 aromatic heterocycles. The minimum atomic E-state index is -0.520. The standard InChI is InChI=1S/C21H19NO3S/c1-10-11(2)26-21(4)16(10)14-15(19(24)25-18(14)23)17-12-8-6-7-9-13(12)22(5)20(17,21)3/h6-9H,1-5H3. The molecule has 1 saturated heterocycles. The summed E-state index contributed by atoms with van der Waals surface area (Å²) in [5.74, 6) is -1.03. The van der Waals surface area contributed by atoms with Gasteiger partial charge in [0.15, 0.2) is 0 Å². The molecule has 5 heteroatoms. The summed E-state index contributed by atoms with van der Waals surface area (Å²) in [7, 11) is 2.08. The summed E-state index contributed by atoms with van der Waals surface area (Å²) in [5, 5.41) is 0. The molecular formula is C21H19NO3S. The molecule has 0 N–H and O–H groups in total. The van der Waals surface area contributed by atoms with Gasteiger partial charge in [0.05, 0.1) is 21.4 Å². The highest BCUT2D eigenvalue weighted by Gasteiger charge is 2.65. The Morgan fingerprint density at radius 1 is 1.00 bits per heavy atom. The van der Waals surface area contributed by atoms with Gasteiger partial charge in [-0.2, -0.15) is 0 Å². The minimum Gasteiger partial charge on any atom is -0.386 e. The lowest BCUT2D eigenvalue weighted by Crippen LogP contribution is -2.58. The number of allylic oxidation sites excluding steroid dienone is 2. The first-order valence-electron chi connectivity index (χ1n) is 8.70. The lowest BCUT2D eigenvalue weighted by molar-refractivity contribution is -0.149. The van der Waals surface area contributed by atoms with E-state index in [0.29, 0.717) is 11.1 Å². The van der Waals surface area contributed by atoms with Crippen molar-refractivity contribution >= 4 is 35.0 Å². The third kappa shape index (κ3) is 1.43. The van der Waals surface area contributed by atoms with E-state index in [-0.39, 0.29) is 4.75 Å². The van der Waals surface area contributed by atoms with Gasteiger partial charge in [0, 0.05) is 23.9 Å². The Bertz CT molecular complexity index is 1050. The first-order chi connectivity index (χ1) is 12.2. The summed E-state index contributed by atoms with van der Waals surface area (Å²) in [5.41, 5.74) is 5.51. The van der Waals surface area contributed by atoms with Crippen LogP contribution in [-0.4, -0.2) is 29.3 Å². The second kappa shape index (κ2) is 4.52. The molecule has 0 saturated carbocycles. The summed E-state index contributed by atoms with van der Waals surface area (Å²) < 4.78 is 4.72. The second-order valence-electron chi connectivity index (χ2n) is 7.64. The van der Waals surface area contributed by atoms with Gasteiger partial charge >= 0.3 is 11.9 Å². The number of hydrogen-bond acceptors (Lipinski definition) is 5. The van der Waals surface area contributed by atoms with Gasteiger partial charge in [0.2, 0.25) is 0 Å². The fourth-order valence-electron chi connectivity index (χ4n) is 5.17. The molecule has 4 nitrogen and oxygen atoms in total. The number of ether oxygens (including phenoxy) is 1. The van der Waals surface area contributed by atoms with E-state index in [0.717, 1.165) is 28.0 Å². The van der Waals surface area contributed by atoms with Crippen LogP contribution in [0.1, 0.15) is 33.3 Å². The summed E-state index contributed by atoms with van der Waals surface area (Å²) in [6, 6.07) is 8.09. The third-order valence-electron chi connectivity index (χ3n) is 6.70. The normalized spacial score (nSPS) is 32.1. The van der Waals surface area contributed by atoms with Gasteiger partial charge in [0.25, 0.3) is 0 Å². The number of carbonyl (C=O) groups excluding carboxylic acids is 2. The number of likely N-dealkylation sites (N-methyl/N-ethyl adjacent to an activating group) is 1. The number of rotatable bonds is 0. The summed E-state index contributed by atoms with van der Waals surface area (Å²) >= 11 is 1.79. The number of anilines is 1. The van der Waals surface area contributed by atoms with Crippen molar-refractivity contribution in [3.05, 3.63) is 57.0 Å². The van der Waals surface area contributed by atoms with E-state index in [1.807, 2.05) is 25.1 Å². The highest BCUT2D eigenvalue weighted by molar-refractivity contribution is 8.05. The average molecular weight is 365 g/mol. The molecule has 26 heavy (non-hydrogen) atoms. The van der Waals surface area contributed by atoms with Crippen molar-refractivity contribution in [2.75, 3.05) is 11.9 Å². The Hall–Kier alpha value is -2.27. The smallest absolute Gasteiger partial charge is 0.347 e. The van der Waals surface area contributed by atoms with Gasteiger partial charge in [-0.05, 0) is 49.8 Å². The van der Waals surface area contributed by atoms with Crippen molar-refractivity contribution in [1.82, 2.24) is 0 Å². The Morgan fingerprint density at radius 2 is 1.62 bits per heavy atom. The summed E-state index contributed by atoms with van der Waals surface area (Å²) in [4.78, 5) is 28.8. The number of thioether (sulfide) groups is 1. The van der Waals surface area contributed by atoms with Crippen LogP contribution in [0.15, 0.2) is 51.5 Å². The highest BCUT2D eigenvalue weighted by atomic mass is 32.2. The number of esters is 2. The van der Waals surface area contributed by atoms with E-state index in [4.69, 9.17) is 4.74 Å². The van der Waals surface area contributed by atoms with Crippen molar-refractivity contribution in [2.45, 2.75) is 38.0 Å². The summed E-state index contributed by atoms with van der Waals surface area (Å²) in [6.45, 7) is 8.50. The largest absolute Gasteiger partial charge is 0.386 e. The predicted molar refractivity (Wildman–Crippen MR) is 103 cm³/mol. The molecule has 4 aliphatic rings. The Labute approximate surface area is 156 Å². The first-order valence-corrected chi connectivity index (χ1v) is 9.51. The van der Waals surface area contributed by atoms with Gasteiger partial charge in [-0.15, -0.1) is 11.8 Å². The molecule has 3 heterocycles. The maximum Gasteiger partial charge on any atom is 0.347 e. The number of cyclic esters (lactones) is 2. The van der Waals surface area contributed by atoms with Crippen LogP contribution in [0.3, 0.4) is 0 Å². The lowest BCUT2D eigenvalue weighted by atomic mass is 9.65. The molecular weight excluding hydrogens is 346 g/mol. The number of fused-ring (bicyclic) bond motifs is 6. The fourth-order valence-corrected chi connectivity index (χ4v) is 6.83. The number of carbonyl (C=O) groups is 2. The SMILES string of the molecule is CC1=C(C)C2=C3C(=O)OC(=O)C3=C3c4ccccc4N(C)C3(C)C2(C)S1. The Balaban J connectivity index is 1.99. The van der Waals surface area contributed by atoms with Gasteiger partial charge in [-0.3, -0.25) is 0 Å². The Morgan fingerprint density at radius 3 is 2.31 bits per heavy atom. The van der Waals surface area contributed by atoms with Crippen LogP contribution in [-0.2, 0) is 14.3 Å². The fraction of sp³-hybridized carbons (Fsp3) is 0.333. The zero-order chi connectivity index (χ0) is 18.6. The van der Waals surface area contributed by atoms with Gasteiger partial charge in [0.1, 0.15) is 0 Å². The molecule has 5 rings (SSSR count). The van der Waals surface area contributed by atoms with Gasteiger partial charge < -0.3 is 9.64 Å². The molecule has 0 bridgehead atoms. The van der Waals surface area contributed by atoms with Crippen LogP contribution in [0, 0.1) is 0 Å². The van der Waals surface area contributed by atoms with Crippen molar-refractivity contribution < 1.29 is 14.3 Å². The molecule has 0 amide bonds. The molecule has 0 spiro atoms. The van der Waals surface area contributed by atoms with E-state index >= 15 is 0 Å². The van der Waals surface area contributed by atoms with E-state index in [1.54, 1.807) is 11.8 Å². The van der Waals surface area contributed by atoms with Gasteiger partial charge in [-0.1, -0.05) is 18.2 Å². The maximum absolute atomic E-state index is 12.7. The molecule has 1 aromatic rings. The molecule has 1 aromatic carbocycles. The van der Waals surface area contributed by atoms with E-state index in [2.05, 4.69) is 38.8 Å². The number of benzene rings is 1. The van der Waals surface area contributed by atoms with Crippen molar-refractivity contribution in [1.29, 1.82) is 0 Å². The molecule has 0 radical (unpaired) electrons. The zero-order valence-corrected chi connectivity index (χ0v) is 16.2. The average Bonchev–Trinajstić information content (AvgIpc) is 3.10. The van der Waals surface area contributed by atoms with Gasteiger partial charge in [-0.25, -0.2) is 9.59 Å². The molecule has 132 valence electrons. The summed E-state index contributed by atoms with van der Waals surface area (Å²) in [6.07, 6.45) is 0. The minimum absolute atomic E-state index is 0.382. The van der Waals surface area contributed by atoms with E-state index in [1.165, 1.54) is 4.91 Å². The second-order valence-corrected chi connectivity index (χ2v) is 9.27. The van der Waals surface area contributed by atoms with Crippen LogP contribution in [0.25, 0.3) is 5.57 Å². The molecule has 3 aliphatic heterocycles. The maximum atomic E-state index is 12.7. The van der Waals surface area contributed by atoms with Crippen LogP contribution in [0.2, 0.25) is 0 Å². The van der Waals surface area contributed by atoms with Crippen molar-refractivity contribution in [3.63, 3.8) is 0 Å². The number of para-hydroxylation sites is 1. The number of hydrogen-bond donors (Lipinski definition) is 0. The molecule has 1 aliphatic carbocycles.